The van der Waals surface area contributed by atoms with Crippen LogP contribution in [-0.2, 0) is 16.0 Å². The molecule has 1 fully saturated rings. The van der Waals surface area contributed by atoms with E-state index in [4.69, 9.17) is 4.74 Å². The molecule has 0 saturated carbocycles. The van der Waals surface area contributed by atoms with Gasteiger partial charge in [0.1, 0.15) is 11.3 Å². The summed E-state index contributed by atoms with van der Waals surface area (Å²) in [7, 11) is 0. The van der Waals surface area contributed by atoms with Gasteiger partial charge in [0, 0.05) is 20.0 Å². The summed E-state index contributed by atoms with van der Waals surface area (Å²) in [4.78, 5) is 39.7. The maximum atomic E-state index is 13.4. The summed E-state index contributed by atoms with van der Waals surface area (Å²) in [6, 6.07) is 16.4. The van der Waals surface area contributed by atoms with Crippen molar-refractivity contribution in [2.24, 2.45) is 0 Å². The minimum Gasteiger partial charge on any atom is -0.494 e. The normalized spacial score (nSPS) is 14.9. The first kappa shape index (κ1) is 26.1. The van der Waals surface area contributed by atoms with Gasteiger partial charge < -0.3 is 4.74 Å². The summed E-state index contributed by atoms with van der Waals surface area (Å²) >= 11 is 5.85. The Bertz CT molecular complexity index is 1420. The number of rotatable bonds is 6. The van der Waals surface area contributed by atoms with Gasteiger partial charge in [-0.25, -0.2) is 9.69 Å². The minimum atomic E-state index is -0.762. The Morgan fingerprint density at radius 2 is 1.81 bits per heavy atom. The van der Waals surface area contributed by atoms with E-state index < -0.39 is 17.8 Å². The molecule has 0 radical (unpaired) electrons. The van der Waals surface area contributed by atoms with Gasteiger partial charge in [0.25, 0.3) is 11.8 Å². The number of barbiturate groups is 1. The lowest BCUT2D eigenvalue weighted by Gasteiger charge is -2.27. The lowest BCUT2D eigenvalue weighted by Crippen LogP contribution is -2.54. The number of hydrogen-bond acceptors (Lipinski definition) is 4. The summed E-state index contributed by atoms with van der Waals surface area (Å²) < 4.78 is 7.89. The number of ether oxygens (including phenoxy) is 1. The van der Waals surface area contributed by atoms with E-state index in [1.807, 2.05) is 63.2 Å². The van der Waals surface area contributed by atoms with Crippen LogP contribution in [0, 0.1) is 17.4 Å². The van der Waals surface area contributed by atoms with Gasteiger partial charge in [0.15, 0.2) is 0 Å². The number of nitrogens with one attached hydrogen (secondary N) is 1. The van der Waals surface area contributed by atoms with E-state index in [0.717, 1.165) is 35.2 Å². The molecule has 1 N–H and O–H groups in total. The predicted octanol–water partition coefficient (Wildman–Crippen LogP) is 6.33. The highest BCUT2D eigenvalue weighted by Gasteiger charge is 2.37. The van der Waals surface area contributed by atoms with Crippen molar-refractivity contribution in [1.82, 2.24) is 5.32 Å². The molecule has 3 aromatic carbocycles. The van der Waals surface area contributed by atoms with Crippen molar-refractivity contribution >= 4 is 68.1 Å². The maximum Gasteiger partial charge on any atom is 0.335 e. The largest absolute Gasteiger partial charge is 0.494 e. The Morgan fingerprint density at radius 1 is 1.06 bits per heavy atom. The second kappa shape index (κ2) is 11.0. The van der Waals surface area contributed by atoms with Crippen LogP contribution >= 0.6 is 38.5 Å². The monoisotopic (exact) mass is 658 g/mol. The van der Waals surface area contributed by atoms with E-state index in [9.17, 15) is 14.4 Å². The van der Waals surface area contributed by atoms with E-state index in [1.165, 1.54) is 6.08 Å². The number of halogens is 2. The fourth-order valence-corrected chi connectivity index (χ4v) is 5.34. The fraction of sp³-hybridized carbons (Fsp3) is 0.179. The number of hydrogen-bond donors (Lipinski definition) is 1. The zero-order valence-electron chi connectivity index (χ0n) is 20.0. The van der Waals surface area contributed by atoms with Crippen LogP contribution in [0.2, 0.25) is 0 Å². The van der Waals surface area contributed by atoms with Gasteiger partial charge in [-0.1, -0.05) is 51.8 Å². The molecule has 0 bridgehead atoms. The number of benzene rings is 3. The Morgan fingerprint density at radius 3 is 2.50 bits per heavy atom. The zero-order valence-corrected chi connectivity index (χ0v) is 23.8. The molecule has 0 aliphatic carbocycles. The summed E-state index contributed by atoms with van der Waals surface area (Å²) in [5.41, 5.74) is 4.85. The SMILES string of the molecule is CCOc1cc(/C=C2\C(=O)NC(=O)N(c3ccc(C)cc3C)C2=O)cc(I)c1Cc1ccccc1Br. The minimum absolute atomic E-state index is 0.119. The van der Waals surface area contributed by atoms with E-state index >= 15 is 0 Å². The number of urea groups is 1. The Hall–Kier alpha value is -2.98. The summed E-state index contributed by atoms with van der Waals surface area (Å²) in [6.45, 7) is 6.13. The molecular weight excluding hydrogens is 635 g/mol. The third-order valence-corrected chi connectivity index (χ3v) is 7.54. The van der Waals surface area contributed by atoms with Crippen LogP contribution in [0.25, 0.3) is 6.08 Å². The van der Waals surface area contributed by atoms with Gasteiger partial charge in [-0.2, -0.15) is 0 Å². The Balaban J connectivity index is 1.74. The molecule has 1 aliphatic rings. The van der Waals surface area contributed by atoms with Crippen LogP contribution in [0.1, 0.15) is 34.7 Å². The highest BCUT2D eigenvalue weighted by atomic mass is 127. The van der Waals surface area contributed by atoms with E-state index in [0.29, 0.717) is 30.0 Å². The molecule has 36 heavy (non-hydrogen) atoms. The second-order valence-corrected chi connectivity index (χ2v) is 10.4. The Kier molecular flexibility index (Phi) is 7.94. The number of anilines is 1. The quantitative estimate of drug-likeness (QED) is 0.191. The molecular formula is C28H24BrIN2O4. The summed E-state index contributed by atoms with van der Waals surface area (Å²) in [6.07, 6.45) is 2.16. The molecule has 1 aliphatic heterocycles. The van der Waals surface area contributed by atoms with Crippen molar-refractivity contribution in [1.29, 1.82) is 0 Å². The highest BCUT2D eigenvalue weighted by Crippen LogP contribution is 2.32. The van der Waals surface area contributed by atoms with Crippen LogP contribution in [0.3, 0.4) is 0 Å². The molecule has 184 valence electrons. The fourth-order valence-electron chi connectivity index (χ4n) is 4.10. The molecule has 1 saturated heterocycles. The van der Waals surface area contributed by atoms with Gasteiger partial charge >= 0.3 is 6.03 Å². The standard InChI is InChI=1S/C28H24BrIN2O4/c1-4-36-25-14-18(13-23(30)20(25)15-19-7-5-6-8-22(19)29)12-21-26(33)31-28(35)32(27(21)34)24-10-9-16(2)11-17(24)3/h5-14H,4,15H2,1-3H3,(H,31,33,35)/b21-12+. The van der Waals surface area contributed by atoms with Gasteiger partial charge in [-0.15, -0.1) is 0 Å². The van der Waals surface area contributed by atoms with E-state index in [-0.39, 0.29) is 5.57 Å². The van der Waals surface area contributed by atoms with Crippen LogP contribution < -0.4 is 15.0 Å². The van der Waals surface area contributed by atoms with Crippen LogP contribution in [0.15, 0.2) is 64.6 Å². The Labute approximate surface area is 232 Å². The van der Waals surface area contributed by atoms with Crippen molar-refractivity contribution in [2.45, 2.75) is 27.2 Å². The van der Waals surface area contributed by atoms with Crippen molar-refractivity contribution in [3.05, 3.63) is 96.0 Å². The third-order valence-electron chi connectivity index (χ3n) is 5.81. The number of carbonyl (C=O) groups is 3. The number of imide groups is 2. The number of carbonyl (C=O) groups excluding carboxylic acids is 3. The molecule has 3 aromatic rings. The molecule has 0 atom stereocenters. The van der Waals surface area contributed by atoms with Crippen molar-refractivity contribution in [3.8, 4) is 5.75 Å². The highest BCUT2D eigenvalue weighted by molar-refractivity contribution is 14.1. The number of amides is 4. The van der Waals surface area contributed by atoms with Gasteiger partial charge in [0.05, 0.1) is 12.3 Å². The van der Waals surface area contributed by atoms with Crippen LogP contribution in [0.5, 0.6) is 5.75 Å². The van der Waals surface area contributed by atoms with E-state index in [2.05, 4.69) is 49.9 Å². The van der Waals surface area contributed by atoms with Crippen molar-refractivity contribution in [3.63, 3.8) is 0 Å². The molecule has 4 amide bonds. The molecule has 8 heteroatoms. The summed E-state index contributed by atoms with van der Waals surface area (Å²) in [5, 5.41) is 2.30. The lowest BCUT2D eigenvalue weighted by molar-refractivity contribution is -0.122. The van der Waals surface area contributed by atoms with E-state index in [1.54, 1.807) is 6.07 Å². The van der Waals surface area contributed by atoms with Crippen LogP contribution in [-0.4, -0.2) is 24.5 Å². The third kappa shape index (κ3) is 5.39. The molecule has 4 rings (SSSR count). The first-order valence-corrected chi connectivity index (χ1v) is 13.2. The zero-order chi connectivity index (χ0) is 26.0. The first-order chi connectivity index (χ1) is 17.2. The topological polar surface area (TPSA) is 75.7 Å². The maximum absolute atomic E-state index is 13.4. The summed E-state index contributed by atoms with van der Waals surface area (Å²) in [5.74, 6) is -0.713. The molecule has 0 unspecified atom stereocenters. The smallest absolute Gasteiger partial charge is 0.335 e. The average molecular weight is 659 g/mol. The second-order valence-electron chi connectivity index (χ2n) is 8.43. The number of nitrogens with zero attached hydrogens (tertiary/aromatic N) is 1. The molecule has 0 aromatic heterocycles. The first-order valence-electron chi connectivity index (χ1n) is 11.4. The average Bonchev–Trinajstić information content (AvgIpc) is 2.81. The lowest BCUT2D eigenvalue weighted by atomic mass is 10.00. The molecule has 1 heterocycles. The molecule has 6 nitrogen and oxygen atoms in total. The predicted molar refractivity (Wildman–Crippen MR) is 152 cm³/mol. The van der Waals surface area contributed by atoms with Gasteiger partial charge in [-0.3, -0.25) is 14.9 Å². The number of aryl methyl sites for hydroxylation is 2. The van der Waals surface area contributed by atoms with Crippen molar-refractivity contribution < 1.29 is 19.1 Å². The van der Waals surface area contributed by atoms with Gasteiger partial charge in [-0.05, 0) is 90.4 Å². The van der Waals surface area contributed by atoms with Crippen molar-refractivity contribution in [2.75, 3.05) is 11.5 Å². The van der Waals surface area contributed by atoms with Gasteiger partial charge in [0.2, 0.25) is 0 Å². The van der Waals surface area contributed by atoms with Crippen LogP contribution in [0.4, 0.5) is 10.5 Å². The molecule has 0 spiro atoms.